The van der Waals surface area contributed by atoms with Gasteiger partial charge in [-0.2, -0.15) is 0 Å². The Hall–Kier alpha value is -5.93. The van der Waals surface area contributed by atoms with Gasteiger partial charge >= 0.3 is 0 Å². The van der Waals surface area contributed by atoms with Crippen molar-refractivity contribution in [3.8, 4) is 44.8 Å². The van der Waals surface area contributed by atoms with Gasteiger partial charge in [-0.25, -0.2) is 4.98 Å². The second kappa shape index (κ2) is 13.7. The first-order chi connectivity index (χ1) is 24.2. The van der Waals surface area contributed by atoms with Crippen molar-refractivity contribution in [3.05, 3.63) is 181 Å². The lowest BCUT2D eigenvalue weighted by molar-refractivity contribution is 0.754. The van der Waals surface area contributed by atoms with E-state index >= 15 is 0 Å². The number of dihydropyridines is 1. The van der Waals surface area contributed by atoms with E-state index in [2.05, 4.69) is 165 Å². The van der Waals surface area contributed by atoms with E-state index in [1.165, 1.54) is 22.3 Å². The zero-order chi connectivity index (χ0) is 33.0. The molecule has 4 aromatic carbocycles. The molecule has 1 unspecified atom stereocenters. The van der Waals surface area contributed by atoms with Crippen LogP contribution in [0.25, 0.3) is 55.9 Å². The van der Waals surface area contributed by atoms with E-state index in [4.69, 9.17) is 15.0 Å². The minimum absolute atomic E-state index is 0.390. The standard InChI is InChI=1S/C46H37N3/c1-32-13-11-12-20-42(32)46-31-39(30-45(49-46)35-18-9-4-10-19-35)38-25-40(43-28-36(21-23-47-43)33-14-5-2-6-15-33)27-41(26-38)44-29-37(22-24-48-44)34-16-7-3-8-17-34/h2-12,14-21,23,25-32H,13,22,24H2,1H3. The van der Waals surface area contributed by atoms with Gasteiger partial charge in [-0.1, -0.05) is 116 Å². The van der Waals surface area contributed by atoms with Crippen LogP contribution < -0.4 is 0 Å². The van der Waals surface area contributed by atoms with Gasteiger partial charge in [0.05, 0.1) is 22.8 Å². The van der Waals surface area contributed by atoms with Crippen molar-refractivity contribution in [1.29, 1.82) is 0 Å². The minimum atomic E-state index is 0.390. The van der Waals surface area contributed by atoms with Crippen molar-refractivity contribution in [2.45, 2.75) is 19.8 Å². The van der Waals surface area contributed by atoms with E-state index in [0.717, 1.165) is 75.6 Å². The highest BCUT2D eigenvalue weighted by Gasteiger charge is 2.19. The van der Waals surface area contributed by atoms with Crippen molar-refractivity contribution in [2.24, 2.45) is 10.9 Å². The second-order valence-corrected chi connectivity index (χ2v) is 12.8. The topological polar surface area (TPSA) is 38.1 Å². The van der Waals surface area contributed by atoms with Crippen LogP contribution in [0.5, 0.6) is 0 Å². The van der Waals surface area contributed by atoms with Crippen LogP contribution in [-0.2, 0) is 0 Å². The molecule has 49 heavy (non-hydrogen) atoms. The van der Waals surface area contributed by atoms with Gasteiger partial charge in [0.1, 0.15) is 0 Å². The summed E-state index contributed by atoms with van der Waals surface area (Å²) in [6.45, 7) is 3.04. The third-order valence-corrected chi connectivity index (χ3v) is 9.47. The highest BCUT2D eigenvalue weighted by molar-refractivity contribution is 6.14. The monoisotopic (exact) mass is 631 g/mol. The lowest BCUT2D eigenvalue weighted by Crippen LogP contribution is -2.07. The third-order valence-electron chi connectivity index (χ3n) is 9.47. The average Bonchev–Trinajstić information content (AvgIpc) is 3.19. The maximum Gasteiger partial charge on any atom is 0.0715 e. The normalized spacial score (nSPS) is 15.7. The predicted molar refractivity (Wildman–Crippen MR) is 205 cm³/mol. The SMILES string of the molecule is CC1CC=CC=C1c1cc(-c2cc(C3=NCCC(c4ccccc4)=C3)cc(-c3cc(-c4ccccc4)ccn3)c2)cc(-c2ccccc2)n1. The molecule has 0 amide bonds. The van der Waals surface area contributed by atoms with Gasteiger partial charge in [0.25, 0.3) is 0 Å². The fraction of sp³-hybridized carbons (Fsp3) is 0.109. The molecule has 0 saturated carbocycles. The van der Waals surface area contributed by atoms with E-state index in [1.54, 1.807) is 0 Å². The molecule has 236 valence electrons. The molecule has 1 aliphatic carbocycles. The molecule has 0 bridgehead atoms. The molecule has 6 aromatic rings. The van der Waals surface area contributed by atoms with Gasteiger partial charge in [0, 0.05) is 29.4 Å². The molecular formula is C46H37N3. The Morgan fingerprint density at radius 1 is 0.551 bits per heavy atom. The number of benzene rings is 4. The highest BCUT2D eigenvalue weighted by atomic mass is 14.7. The van der Waals surface area contributed by atoms with Crippen LogP contribution in [0, 0.1) is 5.92 Å². The minimum Gasteiger partial charge on any atom is -0.284 e. The molecule has 1 atom stereocenters. The van der Waals surface area contributed by atoms with E-state index < -0.39 is 0 Å². The van der Waals surface area contributed by atoms with Gasteiger partial charge in [-0.15, -0.1) is 0 Å². The Morgan fingerprint density at radius 2 is 1.18 bits per heavy atom. The maximum atomic E-state index is 5.24. The Balaban J connectivity index is 1.31. The van der Waals surface area contributed by atoms with Gasteiger partial charge < -0.3 is 0 Å². The molecule has 1 aliphatic heterocycles. The molecule has 8 rings (SSSR count). The number of hydrogen-bond donors (Lipinski definition) is 0. The van der Waals surface area contributed by atoms with Gasteiger partial charge in [0.2, 0.25) is 0 Å². The molecule has 0 radical (unpaired) electrons. The zero-order valence-electron chi connectivity index (χ0n) is 27.6. The third kappa shape index (κ3) is 6.61. The van der Waals surface area contributed by atoms with Crippen molar-refractivity contribution in [1.82, 2.24) is 9.97 Å². The van der Waals surface area contributed by atoms with Crippen molar-refractivity contribution < 1.29 is 0 Å². The first-order valence-corrected chi connectivity index (χ1v) is 17.1. The number of pyridine rings is 2. The van der Waals surface area contributed by atoms with Crippen LogP contribution >= 0.6 is 0 Å². The first kappa shape index (κ1) is 30.4. The number of aromatic nitrogens is 2. The van der Waals surface area contributed by atoms with E-state index in [0.29, 0.717) is 5.92 Å². The average molecular weight is 632 g/mol. The molecule has 0 N–H and O–H groups in total. The van der Waals surface area contributed by atoms with E-state index in [9.17, 15) is 0 Å². The summed E-state index contributed by atoms with van der Waals surface area (Å²) in [7, 11) is 0. The summed E-state index contributed by atoms with van der Waals surface area (Å²) in [6.07, 6.45) is 12.7. The lowest BCUT2D eigenvalue weighted by Gasteiger charge is -2.19. The van der Waals surface area contributed by atoms with Gasteiger partial charge in [-0.05, 0) is 106 Å². The van der Waals surface area contributed by atoms with E-state index in [1.807, 2.05) is 6.20 Å². The summed E-state index contributed by atoms with van der Waals surface area (Å²) in [6, 6.07) is 47.3. The van der Waals surface area contributed by atoms with Crippen LogP contribution in [0.15, 0.2) is 169 Å². The van der Waals surface area contributed by atoms with Crippen LogP contribution in [0.2, 0.25) is 0 Å². The number of allylic oxidation sites excluding steroid dienone is 5. The van der Waals surface area contributed by atoms with Crippen LogP contribution in [0.4, 0.5) is 0 Å². The number of aliphatic imine (C=N–C) groups is 1. The summed E-state index contributed by atoms with van der Waals surface area (Å²) in [5.41, 5.74) is 15.5. The maximum absolute atomic E-state index is 5.24. The second-order valence-electron chi connectivity index (χ2n) is 12.8. The van der Waals surface area contributed by atoms with Crippen molar-refractivity contribution in [2.75, 3.05) is 6.54 Å². The molecule has 0 fully saturated rings. The van der Waals surface area contributed by atoms with Gasteiger partial charge in [0.15, 0.2) is 0 Å². The summed E-state index contributed by atoms with van der Waals surface area (Å²) < 4.78 is 0. The number of nitrogens with zero attached hydrogens (tertiary/aromatic N) is 3. The smallest absolute Gasteiger partial charge is 0.0715 e. The zero-order valence-corrected chi connectivity index (χ0v) is 27.6. The summed E-state index contributed by atoms with van der Waals surface area (Å²) in [4.78, 5) is 15.2. The van der Waals surface area contributed by atoms with Crippen LogP contribution in [0.1, 0.15) is 36.6 Å². The Morgan fingerprint density at radius 3 is 1.94 bits per heavy atom. The van der Waals surface area contributed by atoms with E-state index in [-0.39, 0.29) is 0 Å². The number of hydrogen-bond acceptors (Lipinski definition) is 3. The largest absolute Gasteiger partial charge is 0.284 e. The Labute approximate surface area is 288 Å². The molecule has 0 spiro atoms. The molecular weight excluding hydrogens is 595 g/mol. The Kier molecular flexibility index (Phi) is 8.48. The molecule has 3 heteroatoms. The van der Waals surface area contributed by atoms with Gasteiger partial charge in [-0.3, -0.25) is 9.98 Å². The fourth-order valence-corrected chi connectivity index (χ4v) is 6.81. The lowest BCUT2D eigenvalue weighted by atomic mass is 9.88. The summed E-state index contributed by atoms with van der Waals surface area (Å²) >= 11 is 0. The highest BCUT2D eigenvalue weighted by Crippen LogP contribution is 2.36. The molecule has 2 aromatic heterocycles. The number of rotatable bonds is 7. The molecule has 0 saturated heterocycles. The van der Waals surface area contributed by atoms with Crippen molar-refractivity contribution >= 4 is 16.9 Å². The Bertz CT molecular complexity index is 2240. The fourth-order valence-electron chi connectivity index (χ4n) is 6.81. The van der Waals surface area contributed by atoms with Crippen molar-refractivity contribution in [3.63, 3.8) is 0 Å². The van der Waals surface area contributed by atoms with Crippen LogP contribution in [-0.4, -0.2) is 22.2 Å². The summed E-state index contributed by atoms with van der Waals surface area (Å²) in [5.74, 6) is 0.390. The summed E-state index contributed by atoms with van der Waals surface area (Å²) in [5, 5.41) is 0. The first-order valence-electron chi connectivity index (χ1n) is 17.1. The molecule has 2 aliphatic rings. The molecule has 3 nitrogen and oxygen atoms in total. The molecule has 3 heterocycles. The van der Waals surface area contributed by atoms with Crippen LogP contribution in [0.3, 0.4) is 0 Å². The predicted octanol–water partition coefficient (Wildman–Crippen LogP) is 11.4. The quantitative estimate of drug-likeness (QED) is 0.176.